The number of para-hydroxylation sites is 1. The summed E-state index contributed by atoms with van der Waals surface area (Å²) in [6.07, 6.45) is 0. The third-order valence-electron chi connectivity index (χ3n) is 3.73. The number of amides is 1. The van der Waals surface area contributed by atoms with Gasteiger partial charge < -0.3 is 0 Å². The number of benzene rings is 1. The van der Waals surface area contributed by atoms with Crippen LogP contribution in [0.5, 0.6) is 0 Å². The molecule has 0 aliphatic carbocycles. The van der Waals surface area contributed by atoms with Crippen LogP contribution < -0.4 is 5.32 Å². The monoisotopic (exact) mass is 372 g/mol. The van der Waals surface area contributed by atoms with Crippen molar-refractivity contribution in [2.45, 2.75) is 43.9 Å². The van der Waals surface area contributed by atoms with Gasteiger partial charge in [-0.15, -0.1) is 10.2 Å². The Bertz CT molecular complexity index is 907. The van der Waals surface area contributed by atoms with Crippen LogP contribution in [-0.2, 0) is 4.79 Å². The molecular weight excluding hydrogens is 352 g/mol. The van der Waals surface area contributed by atoms with Crippen molar-refractivity contribution >= 4 is 45.0 Å². The van der Waals surface area contributed by atoms with Crippen molar-refractivity contribution < 1.29 is 4.79 Å². The van der Waals surface area contributed by atoms with Crippen molar-refractivity contribution in [3.63, 3.8) is 0 Å². The van der Waals surface area contributed by atoms with Gasteiger partial charge in [0.1, 0.15) is 5.01 Å². The summed E-state index contributed by atoms with van der Waals surface area (Å²) < 4.78 is 0. The number of anilines is 1. The van der Waals surface area contributed by atoms with Gasteiger partial charge in [-0.2, -0.15) is 0 Å². The Morgan fingerprint density at radius 2 is 1.96 bits per heavy atom. The highest BCUT2D eigenvalue weighted by molar-refractivity contribution is 8.00. The van der Waals surface area contributed by atoms with Crippen LogP contribution in [0.3, 0.4) is 0 Å². The minimum Gasteiger partial charge on any atom is -0.300 e. The Balaban J connectivity index is 1.70. The lowest BCUT2D eigenvalue weighted by Gasteiger charge is -2.11. The van der Waals surface area contributed by atoms with E-state index >= 15 is 0 Å². The van der Waals surface area contributed by atoms with Crippen LogP contribution in [0.1, 0.15) is 37.3 Å². The fourth-order valence-electron chi connectivity index (χ4n) is 2.34. The number of carbonyl (C=O) groups is 1. The molecule has 0 bridgehead atoms. The molecular formula is C18H20N4OS2. The molecule has 1 atom stereocenters. The summed E-state index contributed by atoms with van der Waals surface area (Å²) in [5.74, 6) is 0.212. The number of hydrogen-bond acceptors (Lipinski definition) is 6. The lowest BCUT2D eigenvalue weighted by atomic mass is 10.1. The lowest BCUT2D eigenvalue weighted by Crippen LogP contribution is -2.22. The summed E-state index contributed by atoms with van der Waals surface area (Å²) in [4.78, 5) is 17.1. The van der Waals surface area contributed by atoms with Crippen molar-refractivity contribution in [2.24, 2.45) is 0 Å². The molecule has 0 spiro atoms. The van der Waals surface area contributed by atoms with Crippen molar-refractivity contribution in [1.29, 1.82) is 0 Å². The molecule has 1 N–H and O–H groups in total. The van der Waals surface area contributed by atoms with Crippen LogP contribution in [0.25, 0.3) is 10.9 Å². The molecule has 1 amide bonds. The Hall–Kier alpha value is -1.99. The quantitative estimate of drug-likeness (QED) is 0.661. The van der Waals surface area contributed by atoms with Crippen LogP contribution in [0.15, 0.2) is 35.4 Å². The number of fused-ring (bicyclic) bond motifs is 1. The molecule has 7 heteroatoms. The number of carbonyl (C=O) groups excluding carboxylic acids is 1. The molecule has 0 fully saturated rings. The van der Waals surface area contributed by atoms with Gasteiger partial charge in [0.05, 0.1) is 15.8 Å². The molecule has 25 heavy (non-hydrogen) atoms. The summed E-state index contributed by atoms with van der Waals surface area (Å²) in [5.41, 5.74) is 2.11. The smallest absolute Gasteiger partial charge is 0.239 e. The number of nitrogens with one attached hydrogen (secondary N) is 1. The Kier molecular flexibility index (Phi) is 5.34. The molecule has 0 saturated carbocycles. The molecule has 0 radical (unpaired) electrons. The maximum atomic E-state index is 12.4. The van der Waals surface area contributed by atoms with Crippen molar-refractivity contribution in [2.75, 3.05) is 5.32 Å². The molecule has 130 valence electrons. The Morgan fingerprint density at radius 3 is 2.68 bits per heavy atom. The van der Waals surface area contributed by atoms with E-state index in [1.54, 1.807) is 0 Å². The fraction of sp³-hybridized carbons (Fsp3) is 0.333. The second-order valence-corrected chi connectivity index (χ2v) is 8.51. The summed E-state index contributed by atoms with van der Waals surface area (Å²) in [5, 5.41) is 14.1. The molecule has 1 aromatic carbocycles. The maximum Gasteiger partial charge on any atom is 0.239 e. The van der Waals surface area contributed by atoms with Gasteiger partial charge in [-0.25, -0.2) is 4.98 Å². The van der Waals surface area contributed by atoms with E-state index < -0.39 is 0 Å². The molecule has 2 aromatic heterocycles. The van der Waals surface area contributed by atoms with Gasteiger partial charge >= 0.3 is 0 Å². The summed E-state index contributed by atoms with van der Waals surface area (Å²) in [6.45, 7) is 8.04. The Labute approximate surface area is 155 Å². The van der Waals surface area contributed by atoms with Gasteiger partial charge in [0.15, 0.2) is 0 Å². The molecule has 0 aliphatic rings. The van der Waals surface area contributed by atoms with Crippen molar-refractivity contribution in [3.05, 3.63) is 40.9 Å². The normalized spacial score (nSPS) is 12.5. The topological polar surface area (TPSA) is 67.8 Å². The van der Waals surface area contributed by atoms with Crippen molar-refractivity contribution in [3.8, 4) is 0 Å². The highest BCUT2D eigenvalue weighted by Gasteiger charge is 2.18. The minimum absolute atomic E-state index is 0.0935. The first-order valence-electron chi connectivity index (χ1n) is 8.11. The van der Waals surface area contributed by atoms with Crippen molar-refractivity contribution in [1.82, 2.24) is 15.2 Å². The SMILES string of the molecule is Cc1cc(SC(C)C(=O)Nc2nnc(C(C)C)s2)nc2ccccc12. The molecule has 5 nitrogen and oxygen atoms in total. The van der Waals surface area contributed by atoms with E-state index in [0.717, 1.165) is 26.5 Å². The molecule has 0 aliphatic heterocycles. The summed E-state index contributed by atoms with van der Waals surface area (Å²) in [7, 11) is 0. The second-order valence-electron chi connectivity index (χ2n) is 6.14. The predicted molar refractivity (Wildman–Crippen MR) is 104 cm³/mol. The van der Waals surface area contributed by atoms with Gasteiger partial charge in [-0.05, 0) is 31.5 Å². The van der Waals surface area contributed by atoms with Crippen LogP contribution in [0, 0.1) is 6.92 Å². The van der Waals surface area contributed by atoms with E-state index in [4.69, 9.17) is 0 Å². The Morgan fingerprint density at radius 1 is 1.20 bits per heavy atom. The average molecular weight is 373 g/mol. The van der Waals surface area contributed by atoms with E-state index in [-0.39, 0.29) is 11.2 Å². The maximum absolute atomic E-state index is 12.4. The number of aryl methyl sites for hydroxylation is 1. The molecule has 3 aromatic rings. The van der Waals surface area contributed by atoms with Crippen LogP contribution in [-0.4, -0.2) is 26.3 Å². The highest BCUT2D eigenvalue weighted by Crippen LogP contribution is 2.28. The predicted octanol–water partition coefficient (Wildman–Crippen LogP) is 4.64. The first kappa shape index (κ1) is 17.8. The van der Waals surface area contributed by atoms with Gasteiger partial charge in [-0.1, -0.05) is 55.1 Å². The van der Waals surface area contributed by atoms with E-state index in [9.17, 15) is 4.79 Å². The number of hydrogen-bond donors (Lipinski definition) is 1. The van der Waals surface area contributed by atoms with Crippen LogP contribution >= 0.6 is 23.1 Å². The second kappa shape index (κ2) is 7.49. The third-order valence-corrected chi connectivity index (χ3v) is 5.89. The first-order valence-corrected chi connectivity index (χ1v) is 9.81. The molecule has 3 rings (SSSR count). The van der Waals surface area contributed by atoms with Gasteiger partial charge in [0.25, 0.3) is 0 Å². The number of pyridine rings is 1. The van der Waals surface area contributed by atoms with E-state index in [1.807, 2.05) is 31.2 Å². The standard InChI is InChI=1S/C18H20N4OS2/c1-10(2)17-21-22-18(25-17)20-16(23)12(4)24-15-9-11(3)13-7-5-6-8-14(13)19-15/h5-10,12H,1-4H3,(H,20,22,23). The zero-order chi connectivity index (χ0) is 18.0. The van der Waals surface area contributed by atoms with E-state index in [1.165, 1.54) is 23.1 Å². The molecule has 1 unspecified atom stereocenters. The third kappa shape index (κ3) is 4.16. The zero-order valence-corrected chi connectivity index (χ0v) is 16.2. The van der Waals surface area contributed by atoms with Gasteiger partial charge in [-0.3, -0.25) is 10.1 Å². The van der Waals surface area contributed by atoms with E-state index in [0.29, 0.717) is 11.0 Å². The fourth-order valence-corrected chi connectivity index (χ4v) is 4.01. The number of aromatic nitrogens is 3. The highest BCUT2D eigenvalue weighted by atomic mass is 32.2. The van der Waals surface area contributed by atoms with Crippen LogP contribution in [0.4, 0.5) is 5.13 Å². The molecule has 0 saturated heterocycles. The van der Waals surface area contributed by atoms with Gasteiger partial charge in [0.2, 0.25) is 11.0 Å². The van der Waals surface area contributed by atoms with Gasteiger partial charge in [0, 0.05) is 11.3 Å². The minimum atomic E-state index is -0.278. The van der Waals surface area contributed by atoms with Crippen LogP contribution in [0.2, 0.25) is 0 Å². The summed E-state index contributed by atoms with van der Waals surface area (Å²) >= 11 is 2.86. The van der Waals surface area contributed by atoms with E-state index in [2.05, 4.69) is 47.3 Å². The zero-order valence-electron chi connectivity index (χ0n) is 14.6. The number of thioether (sulfide) groups is 1. The lowest BCUT2D eigenvalue weighted by molar-refractivity contribution is -0.115. The first-order chi connectivity index (χ1) is 11.9. The molecule has 2 heterocycles. The summed E-state index contributed by atoms with van der Waals surface area (Å²) in [6, 6.07) is 10.1. The largest absolute Gasteiger partial charge is 0.300 e. The number of nitrogens with zero attached hydrogens (tertiary/aromatic N) is 3. The number of rotatable bonds is 5. The average Bonchev–Trinajstić information content (AvgIpc) is 3.03.